The smallest absolute Gasteiger partial charge is 0.320 e. The summed E-state index contributed by atoms with van der Waals surface area (Å²) < 4.78 is 13.9. The summed E-state index contributed by atoms with van der Waals surface area (Å²) in [4.78, 5) is 10.6. The zero-order chi connectivity index (χ0) is 9.90. The summed E-state index contributed by atoms with van der Waals surface area (Å²) in [5, 5.41) is 11.5. The summed E-state index contributed by atoms with van der Waals surface area (Å²) in [7, 11) is 0. The lowest BCUT2D eigenvalue weighted by molar-refractivity contribution is -0.141. The number of carboxylic acids is 1. The number of carbonyl (C=O) groups is 1. The molecule has 0 aromatic carbocycles. The predicted octanol–water partition coefficient (Wildman–Crippen LogP) is 1.33. The molecule has 0 bridgehead atoms. The average molecular weight is 189 g/mol. The molecule has 1 aliphatic heterocycles. The van der Waals surface area contributed by atoms with Crippen molar-refractivity contribution in [1.82, 2.24) is 5.32 Å². The van der Waals surface area contributed by atoms with Crippen LogP contribution in [0.3, 0.4) is 0 Å². The van der Waals surface area contributed by atoms with E-state index in [0.29, 0.717) is 19.4 Å². The lowest BCUT2D eigenvalue weighted by Gasteiger charge is -2.33. The zero-order valence-corrected chi connectivity index (χ0v) is 7.85. The molecular weight excluding hydrogens is 173 g/mol. The number of piperidine rings is 1. The molecule has 0 saturated carbocycles. The lowest BCUT2D eigenvalue weighted by atomic mass is 9.86. The van der Waals surface area contributed by atoms with E-state index in [4.69, 9.17) is 5.11 Å². The third-order valence-corrected chi connectivity index (χ3v) is 2.53. The van der Waals surface area contributed by atoms with E-state index in [2.05, 4.69) is 5.32 Å². The van der Waals surface area contributed by atoms with Crippen molar-refractivity contribution in [3.8, 4) is 0 Å². The highest BCUT2D eigenvalue weighted by atomic mass is 19.1. The van der Waals surface area contributed by atoms with E-state index in [9.17, 15) is 9.18 Å². The molecule has 0 radical (unpaired) electrons. The molecule has 1 rings (SSSR count). The SMILES string of the molecule is CCCC1(F)CCNC(C(=O)O)C1. The third kappa shape index (κ3) is 2.66. The van der Waals surface area contributed by atoms with Crippen molar-refractivity contribution in [1.29, 1.82) is 0 Å². The first-order valence-electron chi connectivity index (χ1n) is 4.72. The number of rotatable bonds is 3. The van der Waals surface area contributed by atoms with Gasteiger partial charge in [-0.3, -0.25) is 4.79 Å². The van der Waals surface area contributed by atoms with Gasteiger partial charge in [0.05, 0.1) is 0 Å². The first-order valence-corrected chi connectivity index (χ1v) is 4.72. The van der Waals surface area contributed by atoms with E-state index < -0.39 is 17.7 Å². The van der Waals surface area contributed by atoms with E-state index in [-0.39, 0.29) is 6.42 Å². The number of alkyl halides is 1. The number of hydrogen-bond donors (Lipinski definition) is 2. The van der Waals surface area contributed by atoms with Crippen molar-refractivity contribution in [2.75, 3.05) is 6.54 Å². The van der Waals surface area contributed by atoms with Gasteiger partial charge in [0.25, 0.3) is 0 Å². The predicted molar refractivity (Wildman–Crippen MR) is 47.4 cm³/mol. The molecule has 0 aromatic rings. The van der Waals surface area contributed by atoms with Crippen molar-refractivity contribution in [3.63, 3.8) is 0 Å². The molecule has 1 heterocycles. The molecule has 0 amide bonds. The molecular formula is C9H16FNO2. The number of hydrogen-bond acceptors (Lipinski definition) is 2. The maximum Gasteiger partial charge on any atom is 0.320 e. The summed E-state index contributed by atoms with van der Waals surface area (Å²) in [6.45, 7) is 2.38. The third-order valence-electron chi connectivity index (χ3n) is 2.53. The van der Waals surface area contributed by atoms with Crippen LogP contribution >= 0.6 is 0 Å². The van der Waals surface area contributed by atoms with Crippen LogP contribution in [-0.2, 0) is 4.79 Å². The summed E-state index contributed by atoms with van der Waals surface area (Å²) in [5.74, 6) is -0.946. The van der Waals surface area contributed by atoms with Crippen LogP contribution in [0.5, 0.6) is 0 Å². The van der Waals surface area contributed by atoms with E-state index in [1.807, 2.05) is 6.92 Å². The van der Waals surface area contributed by atoms with Crippen LogP contribution in [0.25, 0.3) is 0 Å². The topological polar surface area (TPSA) is 49.3 Å². The molecule has 2 unspecified atom stereocenters. The largest absolute Gasteiger partial charge is 0.480 e. The molecule has 0 aromatic heterocycles. The molecule has 1 fully saturated rings. The zero-order valence-electron chi connectivity index (χ0n) is 7.85. The van der Waals surface area contributed by atoms with Gasteiger partial charge in [0.1, 0.15) is 11.7 Å². The second kappa shape index (κ2) is 4.05. The van der Waals surface area contributed by atoms with Gasteiger partial charge in [0.2, 0.25) is 0 Å². The Bertz CT molecular complexity index is 194. The Morgan fingerprint density at radius 3 is 3.00 bits per heavy atom. The van der Waals surface area contributed by atoms with Crippen LogP contribution in [0.15, 0.2) is 0 Å². The molecule has 2 atom stereocenters. The minimum atomic E-state index is -1.26. The second-order valence-electron chi connectivity index (χ2n) is 3.70. The van der Waals surface area contributed by atoms with Gasteiger partial charge in [0, 0.05) is 6.42 Å². The normalized spacial score (nSPS) is 34.5. The Morgan fingerprint density at radius 2 is 2.46 bits per heavy atom. The fourth-order valence-corrected chi connectivity index (χ4v) is 1.86. The Labute approximate surface area is 77.3 Å². The first kappa shape index (κ1) is 10.4. The minimum absolute atomic E-state index is 0.107. The lowest BCUT2D eigenvalue weighted by Crippen LogP contribution is -2.49. The van der Waals surface area contributed by atoms with E-state index in [1.165, 1.54) is 0 Å². The van der Waals surface area contributed by atoms with Gasteiger partial charge in [-0.25, -0.2) is 4.39 Å². The summed E-state index contributed by atoms with van der Waals surface area (Å²) in [5.41, 5.74) is -1.26. The van der Waals surface area contributed by atoms with E-state index in [1.54, 1.807) is 0 Å². The summed E-state index contributed by atoms with van der Waals surface area (Å²) in [6, 6.07) is -0.703. The minimum Gasteiger partial charge on any atom is -0.480 e. The van der Waals surface area contributed by atoms with Crippen molar-refractivity contribution in [2.45, 2.75) is 44.3 Å². The van der Waals surface area contributed by atoms with Crippen LogP contribution in [-0.4, -0.2) is 29.3 Å². The van der Waals surface area contributed by atoms with Gasteiger partial charge in [0.15, 0.2) is 0 Å². The van der Waals surface area contributed by atoms with Crippen LogP contribution in [0, 0.1) is 0 Å². The second-order valence-corrected chi connectivity index (χ2v) is 3.70. The molecule has 1 saturated heterocycles. The Balaban J connectivity index is 2.54. The molecule has 76 valence electrons. The van der Waals surface area contributed by atoms with Crippen LogP contribution < -0.4 is 5.32 Å². The monoisotopic (exact) mass is 189 g/mol. The first-order chi connectivity index (χ1) is 6.07. The van der Waals surface area contributed by atoms with Crippen molar-refractivity contribution < 1.29 is 14.3 Å². The summed E-state index contributed by atoms with van der Waals surface area (Å²) in [6.07, 6.45) is 1.78. The van der Waals surface area contributed by atoms with Gasteiger partial charge in [-0.15, -0.1) is 0 Å². The van der Waals surface area contributed by atoms with E-state index in [0.717, 1.165) is 6.42 Å². The summed E-state index contributed by atoms with van der Waals surface area (Å²) >= 11 is 0. The van der Waals surface area contributed by atoms with Crippen molar-refractivity contribution in [3.05, 3.63) is 0 Å². The van der Waals surface area contributed by atoms with Crippen LogP contribution in [0.2, 0.25) is 0 Å². The highest BCUT2D eigenvalue weighted by Gasteiger charge is 2.38. The van der Waals surface area contributed by atoms with Crippen molar-refractivity contribution in [2.24, 2.45) is 0 Å². The van der Waals surface area contributed by atoms with E-state index >= 15 is 0 Å². The van der Waals surface area contributed by atoms with Crippen LogP contribution in [0.4, 0.5) is 4.39 Å². The standard InChI is InChI=1S/C9H16FNO2/c1-2-3-9(10)4-5-11-7(6-9)8(12)13/h7,11H,2-6H2,1H3,(H,12,13). The molecule has 2 N–H and O–H groups in total. The number of aliphatic carboxylic acids is 1. The molecule has 0 spiro atoms. The Morgan fingerprint density at radius 1 is 1.77 bits per heavy atom. The van der Waals surface area contributed by atoms with Gasteiger partial charge in [-0.1, -0.05) is 13.3 Å². The maximum absolute atomic E-state index is 13.9. The Kier molecular flexibility index (Phi) is 3.25. The quantitative estimate of drug-likeness (QED) is 0.704. The molecule has 0 aliphatic carbocycles. The number of carboxylic acid groups (broad SMARTS) is 1. The van der Waals surface area contributed by atoms with Gasteiger partial charge < -0.3 is 10.4 Å². The van der Waals surface area contributed by atoms with Crippen LogP contribution in [0.1, 0.15) is 32.6 Å². The van der Waals surface area contributed by atoms with Gasteiger partial charge in [-0.05, 0) is 19.4 Å². The molecule has 13 heavy (non-hydrogen) atoms. The van der Waals surface area contributed by atoms with Gasteiger partial charge >= 0.3 is 5.97 Å². The van der Waals surface area contributed by atoms with Crippen molar-refractivity contribution >= 4 is 5.97 Å². The van der Waals surface area contributed by atoms with Gasteiger partial charge in [-0.2, -0.15) is 0 Å². The highest BCUT2D eigenvalue weighted by Crippen LogP contribution is 2.30. The number of nitrogens with one attached hydrogen (secondary N) is 1. The molecule has 1 aliphatic rings. The maximum atomic E-state index is 13.9. The average Bonchev–Trinajstić information content (AvgIpc) is 2.04. The Hall–Kier alpha value is -0.640. The molecule has 4 heteroatoms. The fraction of sp³-hybridized carbons (Fsp3) is 0.889. The number of halogens is 1. The molecule has 3 nitrogen and oxygen atoms in total. The fourth-order valence-electron chi connectivity index (χ4n) is 1.86. The highest BCUT2D eigenvalue weighted by molar-refractivity contribution is 5.73.